The number of carbonyl (C=O) groups excluding carboxylic acids is 1. The van der Waals surface area contributed by atoms with E-state index < -0.39 is 0 Å². The van der Waals surface area contributed by atoms with Crippen LogP contribution in [0.3, 0.4) is 0 Å². The zero-order chi connectivity index (χ0) is 10.7. The van der Waals surface area contributed by atoms with Crippen molar-refractivity contribution in [2.45, 2.75) is 32.9 Å². The Morgan fingerprint density at radius 2 is 2.21 bits per heavy atom. The normalized spacial score (nSPS) is 27.1. The fraction of sp³-hybridized carbons (Fsp3) is 0.900. The third-order valence-corrected chi connectivity index (χ3v) is 2.83. The summed E-state index contributed by atoms with van der Waals surface area (Å²) < 4.78 is 5.28. The van der Waals surface area contributed by atoms with E-state index in [0.717, 1.165) is 0 Å². The number of hydrogen-bond acceptors (Lipinski definition) is 3. The van der Waals surface area contributed by atoms with Crippen molar-refractivity contribution >= 4 is 5.91 Å². The minimum atomic E-state index is -0.101. The van der Waals surface area contributed by atoms with Crippen LogP contribution in [0.4, 0.5) is 0 Å². The van der Waals surface area contributed by atoms with Crippen molar-refractivity contribution in [2.75, 3.05) is 19.8 Å². The van der Waals surface area contributed by atoms with Crippen molar-refractivity contribution in [3.8, 4) is 0 Å². The van der Waals surface area contributed by atoms with Gasteiger partial charge < -0.3 is 15.4 Å². The predicted molar refractivity (Wildman–Crippen MR) is 54.8 cm³/mol. The van der Waals surface area contributed by atoms with Crippen LogP contribution in [0, 0.1) is 5.92 Å². The van der Waals surface area contributed by atoms with Gasteiger partial charge in [-0.25, -0.2) is 0 Å². The first-order chi connectivity index (χ1) is 6.54. The third-order valence-electron chi connectivity index (χ3n) is 2.83. The van der Waals surface area contributed by atoms with Gasteiger partial charge in [0, 0.05) is 12.6 Å². The number of nitrogens with two attached hydrogens (primary N) is 1. The second kappa shape index (κ2) is 4.75. The minimum Gasteiger partial charge on any atom is -0.377 e. The van der Waals surface area contributed by atoms with Gasteiger partial charge in [-0.15, -0.1) is 0 Å². The number of rotatable bonds is 2. The van der Waals surface area contributed by atoms with E-state index in [9.17, 15) is 4.79 Å². The molecule has 3 atom stereocenters. The Hall–Kier alpha value is -0.610. The molecule has 14 heavy (non-hydrogen) atoms. The summed E-state index contributed by atoms with van der Waals surface area (Å²) in [6, 6.07) is 0.0926. The first-order valence-electron chi connectivity index (χ1n) is 5.18. The lowest BCUT2D eigenvalue weighted by molar-refractivity contribution is -0.143. The number of ether oxygens (including phenoxy) is 1. The van der Waals surface area contributed by atoms with Gasteiger partial charge in [0.25, 0.3) is 0 Å². The van der Waals surface area contributed by atoms with Crippen molar-refractivity contribution in [1.29, 1.82) is 0 Å². The van der Waals surface area contributed by atoms with Gasteiger partial charge in [-0.3, -0.25) is 4.79 Å². The maximum atomic E-state index is 11.9. The standard InChI is InChI=1S/C10H20N2O2/c1-7-6-14-5-4-12(7)10(13)8(2)9(3)11/h7-9H,4-6,11H2,1-3H3/t7-,8?,9?/m1/s1. The predicted octanol–water partition coefficient (Wildman–Crippen LogP) is 0.217. The average molecular weight is 200 g/mol. The molecule has 1 aliphatic heterocycles. The van der Waals surface area contributed by atoms with Crippen molar-refractivity contribution in [3.63, 3.8) is 0 Å². The fourth-order valence-electron chi connectivity index (χ4n) is 1.54. The van der Waals surface area contributed by atoms with Gasteiger partial charge in [-0.05, 0) is 13.8 Å². The number of nitrogens with zero attached hydrogens (tertiary/aromatic N) is 1. The second-order valence-electron chi connectivity index (χ2n) is 4.10. The molecule has 2 unspecified atom stereocenters. The van der Waals surface area contributed by atoms with Crippen LogP contribution in [0.1, 0.15) is 20.8 Å². The van der Waals surface area contributed by atoms with Gasteiger partial charge >= 0.3 is 0 Å². The number of hydrogen-bond donors (Lipinski definition) is 1. The fourth-order valence-corrected chi connectivity index (χ4v) is 1.54. The lowest BCUT2D eigenvalue weighted by Gasteiger charge is -2.35. The highest BCUT2D eigenvalue weighted by molar-refractivity contribution is 5.79. The third kappa shape index (κ3) is 2.45. The zero-order valence-electron chi connectivity index (χ0n) is 9.19. The van der Waals surface area contributed by atoms with E-state index in [-0.39, 0.29) is 23.9 Å². The molecular weight excluding hydrogens is 180 g/mol. The molecule has 0 aliphatic carbocycles. The monoisotopic (exact) mass is 200 g/mol. The zero-order valence-corrected chi connectivity index (χ0v) is 9.19. The van der Waals surface area contributed by atoms with Crippen LogP contribution in [0.2, 0.25) is 0 Å². The average Bonchev–Trinajstić information content (AvgIpc) is 2.16. The first-order valence-corrected chi connectivity index (χ1v) is 5.18. The summed E-state index contributed by atoms with van der Waals surface area (Å²) in [6.07, 6.45) is 0. The van der Waals surface area contributed by atoms with E-state index in [1.165, 1.54) is 0 Å². The lowest BCUT2D eigenvalue weighted by atomic mass is 10.0. The summed E-state index contributed by atoms with van der Waals surface area (Å²) in [4.78, 5) is 13.8. The Bertz CT molecular complexity index is 206. The van der Waals surface area contributed by atoms with Gasteiger partial charge in [0.15, 0.2) is 0 Å². The molecule has 1 rings (SSSR count). The summed E-state index contributed by atoms with van der Waals surface area (Å²) in [6.45, 7) is 7.73. The molecule has 1 saturated heterocycles. The van der Waals surface area contributed by atoms with Crippen LogP contribution in [-0.2, 0) is 9.53 Å². The molecule has 0 saturated carbocycles. The van der Waals surface area contributed by atoms with Crippen molar-refractivity contribution < 1.29 is 9.53 Å². The Balaban J connectivity index is 2.58. The molecule has 4 nitrogen and oxygen atoms in total. The van der Waals surface area contributed by atoms with E-state index in [4.69, 9.17) is 10.5 Å². The lowest BCUT2D eigenvalue weighted by Crippen LogP contribution is -2.51. The highest BCUT2D eigenvalue weighted by Crippen LogP contribution is 2.12. The molecule has 1 amide bonds. The highest BCUT2D eigenvalue weighted by atomic mass is 16.5. The molecule has 0 spiro atoms. The van der Waals surface area contributed by atoms with Crippen LogP contribution >= 0.6 is 0 Å². The molecule has 1 fully saturated rings. The molecule has 0 radical (unpaired) electrons. The Morgan fingerprint density at radius 1 is 1.57 bits per heavy atom. The Morgan fingerprint density at radius 3 is 2.71 bits per heavy atom. The molecule has 0 aromatic rings. The van der Waals surface area contributed by atoms with Crippen LogP contribution in [0.15, 0.2) is 0 Å². The molecule has 0 aromatic heterocycles. The largest absolute Gasteiger partial charge is 0.377 e. The topological polar surface area (TPSA) is 55.6 Å². The maximum Gasteiger partial charge on any atom is 0.227 e. The Labute approximate surface area is 85.4 Å². The number of morpholine rings is 1. The van der Waals surface area contributed by atoms with Crippen molar-refractivity contribution in [1.82, 2.24) is 4.90 Å². The summed E-state index contributed by atoms with van der Waals surface area (Å²) in [7, 11) is 0. The second-order valence-corrected chi connectivity index (χ2v) is 4.10. The molecule has 2 N–H and O–H groups in total. The molecule has 4 heteroatoms. The number of carbonyl (C=O) groups is 1. The molecule has 0 aromatic carbocycles. The van der Waals surface area contributed by atoms with Crippen molar-refractivity contribution in [3.05, 3.63) is 0 Å². The van der Waals surface area contributed by atoms with E-state index in [2.05, 4.69) is 0 Å². The van der Waals surface area contributed by atoms with Crippen LogP contribution in [0.25, 0.3) is 0 Å². The summed E-state index contributed by atoms with van der Waals surface area (Å²) >= 11 is 0. The van der Waals surface area contributed by atoms with Gasteiger partial charge in [-0.1, -0.05) is 6.92 Å². The molecule has 1 aliphatic rings. The molecule has 0 bridgehead atoms. The van der Waals surface area contributed by atoms with Crippen LogP contribution in [0.5, 0.6) is 0 Å². The highest BCUT2D eigenvalue weighted by Gasteiger charge is 2.28. The minimum absolute atomic E-state index is 0.0856. The first kappa shape index (κ1) is 11.5. The summed E-state index contributed by atoms with van der Waals surface area (Å²) in [5, 5.41) is 0. The summed E-state index contributed by atoms with van der Waals surface area (Å²) in [5.74, 6) is 0.0475. The van der Waals surface area contributed by atoms with Gasteiger partial charge in [0.2, 0.25) is 5.91 Å². The van der Waals surface area contributed by atoms with E-state index in [1.807, 2.05) is 25.7 Å². The van der Waals surface area contributed by atoms with Gasteiger partial charge in [-0.2, -0.15) is 0 Å². The van der Waals surface area contributed by atoms with E-state index in [0.29, 0.717) is 19.8 Å². The van der Waals surface area contributed by atoms with Gasteiger partial charge in [0.05, 0.1) is 25.2 Å². The maximum absolute atomic E-state index is 11.9. The number of amides is 1. The van der Waals surface area contributed by atoms with Crippen molar-refractivity contribution in [2.24, 2.45) is 11.7 Å². The van der Waals surface area contributed by atoms with Gasteiger partial charge in [0.1, 0.15) is 0 Å². The molecule has 82 valence electrons. The van der Waals surface area contributed by atoms with E-state index in [1.54, 1.807) is 0 Å². The summed E-state index contributed by atoms with van der Waals surface area (Å²) in [5.41, 5.74) is 5.71. The molecule has 1 heterocycles. The SMILES string of the molecule is CC(N)C(C)C(=O)N1CCOC[C@H]1C. The molecular formula is C10H20N2O2. The smallest absolute Gasteiger partial charge is 0.227 e. The quantitative estimate of drug-likeness (QED) is 0.693. The van der Waals surface area contributed by atoms with Crippen LogP contribution < -0.4 is 5.73 Å². The Kier molecular flexibility index (Phi) is 3.89. The van der Waals surface area contributed by atoms with E-state index >= 15 is 0 Å². The van der Waals surface area contributed by atoms with Crippen LogP contribution in [-0.4, -0.2) is 42.6 Å².